The van der Waals surface area contributed by atoms with Crippen LogP contribution in [-0.2, 0) is 9.53 Å². The summed E-state index contributed by atoms with van der Waals surface area (Å²) in [5.41, 5.74) is 0.323. The van der Waals surface area contributed by atoms with Crippen molar-refractivity contribution in [1.29, 1.82) is 0 Å². The lowest BCUT2D eigenvalue weighted by molar-refractivity contribution is -0.142. The van der Waals surface area contributed by atoms with Gasteiger partial charge < -0.3 is 19.0 Å². The Morgan fingerprint density at radius 3 is 2.44 bits per heavy atom. The summed E-state index contributed by atoms with van der Waals surface area (Å²) in [5.74, 6) is -0.135. The molecule has 6 nitrogen and oxygen atoms in total. The molecule has 2 saturated heterocycles. The summed E-state index contributed by atoms with van der Waals surface area (Å²) in [6.45, 7) is 2.47. The second-order valence-electron chi connectivity index (χ2n) is 6.76. The molecule has 0 spiro atoms. The first-order valence-corrected chi connectivity index (χ1v) is 9.18. The molecular formula is C20H21FN2O4. The van der Waals surface area contributed by atoms with E-state index in [-0.39, 0.29) is 23.7 Å². The van der Waals surface area contributed by atoms with Crippen LogP contribution in [0.15, 0.2) is 40.8 Å². The molecule has 0 N–H and O–H groups in total. The SMILES string of the molecule is O=C(c1ccc(-c2ccccc2F)o1)N1CCN(C(=O)C2CCCO2)CC1. The maximum atomic E-state index is 13.9. The van der Waals surface area contributed by atoms with Crippen LogP contribution < -0.4 is 0 Å². The molecule has 0 aliphatic carbocycles. The number of nitrogens with zero attached hydrogens (tertiary/aromatic N) is 2. The number of benzene rings is 1. The predicted molar refractivity (Wildman–Crippen MR) is 95.6 cm³/mol. The van der Waals surface area contributed by atoms with Gasteiger partial charge in [0.25, 0.3) is 11.8 Å². The van der Waals surface area contributed by atoms with E-state index < -0.39 is 5.82 Å². The number of ether oxygens (including phenoxy) is 1. The van der Waals surface area contributed by atoms with Crippen LogP contribution >= 0.6 is 0 Å². The fourth-order valence-corrected chi connectivity index (χ4v) is 3.52. The topological polar surface area (TPSA) is 63.0 Å². The van der Waals surface area contributed by atoms with Gasteiger partial charge in [-0.15, -0.1) is 0 Å². The zero-order valence-corrected chi connectivity index (χ0v) is 14.9. The number of amides is 2. The van der Waals surface area contributed by atoms with E-state index in [1.165, 1.54) is 6.07 Å². The number of halogens is 1. The highest BCUT2D eigenvalue weighted by molar-refractivity contribution is 5.92. The summed E-state index contributed by atoms with van der Waals surface area (Å²) in [7, 11) is 0. The molecule has 0 radical (unpaired) electrons. The number of piperazine rings is 1. The first-order chi connectivity index (χ1) is 13.1. The van der Waals surface area contributed by atoms with Crippen molar-refractivity contribution >= 4 is 11.8 Å². The number of hydrogen-bond acceptors (Lipinski definition) is 4. The van der Waals surface area contributed by atoms with Crippen molar-refractivity contribution in [3.8, 4) is 11.3 Å². The molecule has 2 fully saturated rings. The van der Waals surface area contributed by atoms with Crippen LogP contribution in [0.1, 0.15) is 23.4 Å². The van der Waals surface area contributed by atoms with Crippen molar-refractivity contribution < 1.29 is 23.1 Å². The van der Waals surface area contributed by atoms with Crippen molar-refractivity contribution in [2.24, 2.45) is 0 Å². The molecule has 0 bridgehead atoms. The van der Waals surface area contributed by atoms with Gasteiger partial charge in [0.15, 0.2) is 5.76 Å². The van der Waals surface area contributed by atoms with Crippen molar-refractivity contribution in [3.63, 3.8) is 0 Å². The molecule has 0 saturated carbocycles. The highest BCUT2D eigenvalue weighted by atomic mass is 19.1. The second kappa shape index (κ2) is 7.52. The van der Waals surface area contributed by atoms with Crippen molar-refractivity contribution in [1.82, 2.24) is 9.80 Å². The van der Waals surface area contributed by atoms with E-state index in [1.54, 1.807) is 40.1 Å². The Hall–Kier alpha value is -2.67. The molecule has 1 aromatic carbocycles. The van der Waals surface area contributed by atoms with Crippen LogP contribution in [0.2, 0.25) is 0 Å². The van der Waals surface area contributed by atoms with Gasteiger partial charge in [0, 0.05) is 32.8 Å². The van der Waals surface area contributed by atoms with Gasteiger partial charge in [0.1, 0.15) is 17.7 Å². The molecule has 27 heavy (non-hydrogen) atoms. The third-order valence-electron chi connectivity index (χ3n) is 5.04. The standard InChI is InChI=1S/C20H21FN2O4/c21-15-5-2-1-4-14(15)16-7-8-18(27-16)20(25)23-11-9-22(10-12-23)19(24)17-6-3-13-26-17/h1-2,4-5,7-8,17H,3,6,9-13H2. The maximum Gasteiger partial charge on any atom is 0.289 e. The Kier molecular flexibility index (Phi) is 4.94. The van der Waals surface area contributed by atoms with E-state index in [2.05, 4.69) is 0 Å². The lowest BCUT2D eigenvalue weighted by Crippen LogP contribution is -2.52. The first-order valence-electron chi connectivity index (χ1n) is 9.18. The third-order valence-corrected chi connectivity index (χ3v) is 5.04. The minimum Gasteiger partial charge on any atom is -0.451 e. The molecule has 3 heterocycles. The van der Waals surface area contributed by atoms with Gasteiger partial charge in [-0.1, -0.05) is 12.1 Å². The van der Waals surface area contributed by atoms with Crippen molar-refractivity contribution in [2.45, 2.75) is 18.9 Å². The largest absolute Gasteiger partial charge is 0.451 e. The molecule has 1 aromatic heterocycles. The zero-order valence-electron chi connectivity index (χ0n) is 14.9. The van der Waals surface area contributed by atoms with Gasteiger partial charge in [0.05, 0.1) is 5.56 Å². The summed E-state index contributed by atoms with van der Waals surface area (Å²) >= 11 is 0. The first kappa shape index (κ1) is 17.7. The molecule has 2 aliphatic rings. The fraction of sp³-hybridized carbons (Fsp3) is 0.400. The number of furan rings is 1. The second-order valence-corrected chi connectivity index (χ2v) is 6.76. The van der Waals surface area contributed by atoms with Crippen LogP contribution in [0.4, 0.5) is 4.39 Å². The number of carbonyl (C=O) groups excluding carboxylic acids is 2. The highest BCUT2D eigenvalue weighted by Crippen LogP contribution is 2.25. The summed E-state index contributed by atoms with van der Waals surface area (Å²) < 4.78 is 24.9. The number of hydrogen-bond donors (Lipinski definition) is 0. The smallest absolute Gasteiger partial charge is 0.289 e. The summed E-state index contributed by atoms with van der Waals surface area (Å²) in [6.07, 6.45) is 1.35. The van der Waals surface area contributed by atoms with Crippen LogP contribution in [0.5, 0.6) is 0 Å². The summed E-state index contributed by atoms with van der Waals surface area (Å²) in [6, 6.07) is 9.44. The minimum atomic E-state index is -0.396. The molecule has 1 atom stereocenters. The molecule has 7 heteroatoms. The van der Waals surface area contributed by atoms with Gasteiger partial charge in [-0.3, -0.25) is 9.59 Å². The normalized spacial score (nSPS) is 20.1. The summed E-state index contributed by atoms with van der Waals surface area (Å²) in [5, 5.41) is 0. The Morgan fingerprint density at radius 2 is 1.74 bits per heavy atom. The van der Waals surface area contributed by atoms with Crippen molar-refractivity contribution in [2.75, 3.05) is 32.8 Å². The molecule has 1 unspecified atom stereocenters. The maximum absolute atomic E-state index is 13.9. The van der Waals surface area contributed by atoms with Gasteiger partial charge >= 0.3 is 0 Å². The van der Waals surface area contributed by atoms with Crippen molar-refractivity contribution in [3.05, 3.63) is 48.0 Å². The Labute approximate surface area is 156 Å². The lowest BCUT2D eigenvalue weighted by Gasteiger charge is -2.35. The molecule has 142 valence electrons. The van der Waals surface area contributed by atoms with Gasteiger partial charge in [0.2, 0.25) is 0 Å². The summed E-state index contributed by atoms with van der Waals surface area (Å²) in [4.78, 5) is 28.5. The van der Waals surface area contributed by atoms with E-state index in [1.807, 2.05) is 0 Å². The van der Waals surface area contributed by atoms with Gasteiger partial charge in [-0.25, -0.2) is 4.39 Å². The Balaban J connectivity index is 1.38. The highest BCUT2D eigenvalue weighted by Gasteiger charge is 2.32. The lowest BCUT2D eigenvalue weighted by atomic mass is 10.1. The molecule has 2 aromatic rings. The van der Waals surface area contributed by atoms with Crippen LogP contribution in [-0.4, -0.2) is 60.5 Å². The van der Waals surface area contributed by atoms with E-state index in [9.17, 15) is 14.0 Å². The fourth-order valence-electron chi connectivity index (χ4n) is 3.52. The zero-order chi connectivity index (χ0) is 18.8. The quantitative estimate of drug-likeness (QED) is 0.831. The average Bonchev–Trinajstić information content (AvgIpc) is 3.39. The van der Waals surface area contributed by atoms with Gasteiger partial charge in [-0.2, -0.15) is 0 Å². The van der Waals surface area contributed by atoms with E-state index >= 15 is 0 Å². The van der Waals surface area contributed by atoms with Gasteiger partial charge in [-0.05, 0) is 37.1 Å². The number of carbonyl (C=O) groups is 2. The Bertz CT molecular complexity index is 836. The monoisotopic (exact) mass is 372 g/mol. The molecule has 4 rings (SSSR count). The molecular weight excluding hydrogens is 351 g/mol. The van der Waals surface area contributed by atoms with Crippen LogP contribution in [0.25, 0.3) is 11.3 Å². The van der Waals surface area contributed by atoms with E-state index in [4.69, 9.17) is 9.15 Å². The Morgan fingerprint density at radius 1 is 1.00 bits per heavy atom. The van der Waals surface area contributed by atoms with Crippen LogP contribution in [0, 0.1) is 5.82 Å². The number of rotatable bonds is 3. The van der Waals surface area contributed by atoms with Crippen LogP contribution in [0.3, 0.4) is 0 Å². The predicted octanol–water partition coefficient (Wildman–Crippen LogP) is 2.55. The molecule has 2 aliphatic heterocycles. The van der Waals surface area contributed by atoms with E-state index in [0.29, 0.717) is 44.1 Å². The molecule has 2 amide bonds. The third kappa shape index (κ3) is 3.60. The average molecular weight is 372 g/mol. The van der Waals surface area contributed by atoms with E-state index in [0.717, 1.165) is 12.8 Å². The minimum absolute atomic E-state index is 0.0134.